The van der Waals surface area contributed by atoms with Crippen LogP contribution in [0.1, 0.15) is 61.4 Å². The molecule has 2 nitrogen and oxygen atoms in total. The molecule has 1 N–H and O–H groups in total. The van der Waals surface area contributed by atoms with Crippen molar-refractivity contribution in [2.24, 2.45) is 0 Å². The summed E-state index contributed by atoms with van der Waals surface area (Å²) in [6.45, 7) is 4.01. The number of carbonyl (C=O) groups is 1. The zero-order valence-corrected chi connectivity index (χ0v) is 11.0. The quantitative estimate of drug-likeness (QED) is 0.780. The van der Waals surface area contributed by atoms with E-state index in [4.69, 9.17) is 5.11 Å². The summed E-state index contributed by atoms with van der Waals surface area (Å²) in [5, 5.41) is 8.84. The van der Waals surface area contributed by atoms with Gasteiger partial charge in [0, 0.05) is 5.92 Å². The van der Waals surface area contributed by atoms with E-state index in [0.717, 1.165) is 24.8 Å². The van der Waals surface area contributed by atoms with Crippen molar-refractivity contribution in [3.05, 3.63) is 35.4 Å². The first kappa shape index (κ1) is 14.7. The first-order valence-electron chi connectivity index (χ1n) is 6.57. The van der Waals surface area contributed by atoms with E-state index >= 15 is 0 Å². The highest BCUT2D eigenvalue weighted by molar-refractivity contribution is 5.87. The van der Waals surface area contributed by atoms with E-state index < -0.39 is 12.1 Å². The van der Waals surface area contributed by atoms with Crippen LogP contribution in [0.25, 0.3) is 0 Å². The summed E-state index contributed by atoms with van der Waals surface area (Å²) in [5.74, 6) is -1.06. The second-order valence-corrected chi connectivity index (χ2v) is 4.63. The first-order chi connectivity index (χ1) is 8.60. The van der Waals surface area contributed by atoms with E-state index in [-0.39, 0.29) is 11.5 Å². The molecular formula is C15H21FO2. The second-order valence-electron chi connectivity index (χ2n) is 4.63. The smallest absolute Gasteiger partial charge is 0.335 e. The Balaban J connectivity index is 2.88. The maximum Gasteiger partial charge on any atom is 0.335 e. The highest BCUT2D eigenvalue weighted by Crippen LogP contribution is 2.29. The van der Waals surface area contributed by atoms with E-state index in [9.17, 15) is 9.18 Å². The highest BCUT2D eigenvalue weighted by Gasteiger charge is 2.21. The van der Waals surface area contributed by atoms with Gasteiger partial charge in [-0.3, -0.25) is 0 Å². The molecule has 0 saturated carbocycles. The van der Waals surface area contributed by atoms with Gasteiger partial charge in [-0.1, -0.05) is 38.8 Å². The maximum atomic E-state index is 14.1. The van der Waals surface area contributed by atoms with E-state index in [1.54, 1.807) is 24.3 Å². The van der Waals surface area contributed by atoms with Crippen molar-refractivity contribution in [2.75, 3.05) is 0 Å². The SMILES string of the molecule is CCCC(F)C(CCC)c1ccc(C(=O)O)cc1. The van der Waals surface area contributed by atoms with Crippen molar-refractivity contribution in [3.8, 4) is 0 Å². The minimum atomic E-state index is -0.945. The molecule has 0 aromatic heterocycles. The summed E-state index contributed by atoms with van der Waals surface area (Å²) in [5.41, 5.74) is 1.16. The molecule has 100 valence electrons. The lowest BCUT2D eigenvalue weighted by molar-refractivity contribution is 0.0697. The van der Waals surface area contributed by atoms with Gasteiger partial charge in [0.05, 0.1) is 5.56 Å². The van der Waals surface area contributed by atoms with Crippen LogP contribution in [0.3, 0.4) is 0 Å². The van der Waals surface area contributed by atoms with Crippen molar-refractivity contribution in [2.45, 2.75) is 51.6 Å². The van der Waals surface area contributed by atoms with E-state index in [1.807, 2.05) is 13.8 Å². The molecule has 1 rings (SSSR count). The molecule has 2 atom stereocenters. The summed E-state index contributed by atoms with van der Waals surface area (Å²) in [6, 6.07) is 6.59. The topological polar surface area (TPSA) is 37.3 Å². The number of hydrogen-bond donors (Lipinski definition) is 1. The number of rotatable bonds is 7. The number of alkyl halides is 1. The van der Waals surface area contributed by atoms with Gasteiger partial charge in [0.15, 0.2) is 0 Å². The third kappa shape index (κ3) is 3.83. The molecule has 0 bridgehead atoms. The lowest BCUT2D eigenvalue weighted by atomic mass is 9.88. The van der Waals surface area contributed by atoms with Gasteiger partial charge in [-0.15, -0.1) is 0 Å². The Morgan fingerprint density at radius 2 is 1.72 bits per heavy atom. The van der Waals surface area contributed by atoms with Gasteiger partial charge in [-0.2, -0.15) is 0 Å². The third-order valence-electron chi connectivity index (χ3n) is 3.19. The zero-order valence-electron chi connectivity index (χ0n) is 11.0. The molecule has 3 heteroatoms. The van der Waals surface area contributed by atoms with Crippen LogP contribution >= 0.6 is 0 Å². The molecule has 0 aliphatic heterocycles. The van der Waals surface area contributed by atoms with Crippen molar-refractivity contribution in [3.63, 3.8) is 0 Å². The summed E-state index contributed by atoms with van der Waals surface area (Å²) < 4.78 is 14.1. The number of aromatic carboxylic acids is 1. The number of carboxylic acids is 1. The predicted molar refractivity (Wildman–Crippen MR) is 70.9 cm³/mol. The average molecular weight is 252 g/mol. The van der Waals surface area contributed by atoms with Crippen LogP contribution in [0.2, 0.25) is 0 Å². The summed E-state index contributed by atoms with van der Waals surface area (Å²) in [4.78, 5) is 10.8. The molecule has 0 spiro atoms. The Kier molecular flexibility index (Phi) is 5.83. The van der Waals surface area contributed by atoms with Crippen molar-refractivity contribution in [1.29, 1.82) is 0 Å². The Hall–Kier alpha value is -1.38. The van der Waals surface area contributed by atoms with Gasteiger partial charge in [-0.05, 0) is 30.5 Å². The van der Waals surface area contributed by atoms with Crippen LogP contribution < -0.4 is 0 Å². The van der Waals surface area contributed by atoms with Gasteiger partial charge in [0.1, 0.15) is 6.17 Å². The maximum absolute atomic E-state index is 14.1. The van der Waals surface area contributed by atoms with Crippen LogP contribution in [0, 0.1) is 0 Å². The van der Waals surface area contributed by atoms with Gasteiger partial charge in [0.2, 0.25) is 0 Å². The molecule has 0 aliphatic carbocycles. The highest BCUT2D eigenvalue weighted by atomic mass is 19.1. The number of hydrogen-bond acceptors (Lipinski definition) is 1. The van der Waals surface area contributed by atoms with Gasteiger partial charge in [0.25, 0.3) is 0 Å². The Labute approximate surface area is 108 Å². The van der Waals surface area contributed by atoms with Crippen LogP contribution in [0.15, 0.2) is 24.3 Å². The standard InChI is InChI=1S/C15H21FO2/c1-3-5-13(14(16)6-4-2)11-7-9-12(10-8-11)15(17)18/h7-10,13-14H,3-6H2,1-2H3,(H,17,18). The van der Waals surface area contributed by atoms with E-state index in [0.29, 0.717) is 6.42 Å². The van der Waals surface area contributed by atoms with Gasteiger partial charge < -0.3 is 5.11 Å². The fraction of sp³-hybridized carbons (Fsp3) is 0.533. The lowest BCUT2D eigenvalue weighted by Gasteiger charge is -2.21. The zero-order chi connectivity index (χ0) is 13.5. The fourth-order valence-electron chi connectivity index (χ4n) is 2.22. The summed E-state index contributed by atoms with van der Waals surface area (Å²) in [6.07, 6.45) is 2.27. The van der Waals surface area contributed by atoms with E-state index in [2.05, 4.69) is 0 Å². The molecule has 18 heavy (non-hydrogen) atoms. The van der Waals surface area contributed by atoms with Crippen molar-refractivity contribution < 1.29 is 14.3 Å². The van der Waals surface area contributed by atoms with Crippen LogP contribution in [0.5, 0.6) is 0 Å². The first-order valence-corrected chi connectivity index (χ1v) is 6.57. The molecular weight excluding hydrogens is 231 g/mol. The Morgan fingerprint density at radius 3 is 2.17 bits per heavy atom. The fourth-order valence-corrected chi connectivity index (χ4v) is 2.22. The van der Waals surface area contributed by atoms with Crippen molar-refractivity contribution >= 4 is 5.97 Å². The third-order valence-corrected chi connectivity index (χ3v) is 3.19. The summed E-state index contributed by atoms with van der Waals surface area (Å²) >= 11 is 0. The average Bonchev–Trinajstić information content (AvgIpc) is 2.36. The van der Waals surface area contributed by atoms with Crippen molar-refractivity contribution in [1.82, 2.24) is 0 Å². The molecule has 0 aliphatic rings. The predicted octanol–water partition coefficient (Wildman–Crippen LogP) is 4.41. The van der Waals surface area contributed by atoms with Gasteiger partial charge >= 0.3 is 5.97 Å². The number of carboxylic acid groups (broad SMARTS) is 1. The second kappa shape index (κ2) is 7.14. The normalized spacial score (nSPS) is 14.2. The number of benzene rings is 1. The Morgan fingerprint density at radius 1 is 1.17 bits per heavy atom. The molecule has 1 aromatic carbocycles. The van der Waals surface area contributed by atoms with Gasteiger partial charge in [-0.25, -0.2) is 9.18 Å². The summed E-state index contributed by atoms with van der Waals surface area (Å²) in [7, 11) is 0. The largest absolute Gasteiger partial charge is 0.478 e. The number of halogens is 1. The molecule has 0 amide bonds. The molecule has 0 fully saturated rings. The lowest BCUT2D eigenvalue weighted by Crippen LogP contribution is -2.14. The minimum absolute atomic E-state index is 0.113. The van der Waals surface area contributed by atoms with E-state index in [1.165, 1.54) is 0 Å². The van der Waals surface area contributed by atoms with Crippen LogP contribution in [-0.4, -0.2) is 17.2 Å². The molecule has 2 unspecified atom stereocenters. The monoisotopic (exact) mass is 252 g/mol. The Bertz CT molecular complexity index is 373. The molecule has 0 radical (unpaired) electrons. The van der Waals surface area contributed by atoms with Crippen LogP contribution in [-0.2, 0) is 0 Å². The molecule has 1 aromatic rings. The minimum Gasteiger partial charge on any atom is -0.478 e. The molecule has 0 saturated heterocycles. The molecule has 0 heterocycles. The van der Waals surface area contributed by atoms with Crippen LogP contribution in [0.4, 0.5) is 4.39 Å².